The second-order valence-electron chi connectivity index (χ2n) is 4.85. The number of methoxy groups -OCH3 is 1. The first-order valence-corrected chi connectivity index (χ1v) is 7.21. The molecule has 0 amide bonds. The maximum Gasteiger partial charge on any atom is 0.301 e. The Morgan fingerprint density at radius 1 is 1.14 bits per heavy atom. The number of rotatable bonds is 7. The van der Waals surface area contributed by atoms with Gasteiger partial charge in [-0.1, -0.05) is 68.1 Å². The molecule has 0 heterocycles. The van der Waals surface area contributed by atoms with Crippen LogP contribution < -0.4 is 0 Å². The van der Waals surface area contributed by atoms with Crippen LogP contribution in [0.1, 0.15) is 28.4 Å². The average Bonchev–Trinajstić information content (AvgIpc) is 2.60. The quantitative estimate of drug-likeness (QED) is 0.438. The molecular weight excluding hydrogens is 276 g/mol. The van der Waals surface area contributed by atoms with Crippen LogP contribution in [0.15, 0.2) is 67.4 Å². The summed E-state index contributed by atoms with van der Waals surface area (Å²) in [7, 11) is 1.45. The van der Waals surface area contributed by atoms with Crippen molar-refractivity contribution in [2.24, 2.45) is 0 Å². The third kappa shape index (κ3) is 2.95. The smallest absolute Gasteiger partial charge is 0.301 e. The van der Waals surface area contributed by atoms with Crippen molar-refractivity contribution < 1.29 is 14.3 Å². The molecule has 2 aromatic carbocycles. The lowest BCUT2D eigenvalue weighted by Gasteiger charge is -2.30. The first kappa shape index (κ1) is 16.0. The number of Topliss-reactive ketones (excluding diaryl/α,β-unsaturated/α-hetero) is 1. The van der Waals surface area contributed by atoms with Gasteiger partial charge in [0.15, 0.2) is 0 Å². The number of benzene rings is 2. The minimum absolute atomic E-state index is 0.260. The summed E-state index contributed by atoms with van der Waals surface area (Å²) in [4.78, 5) is 13.0. The molecule has 3 nitrogen and oxygen atoms in total. The van der Waals surface area contributed by atoms with E-state index in [2.05, 4.69) is 13.5 Å². The van der Waals surface area contributed by atoms with E-state index in [4.69, 9.17) is 9.47 Å². The van der Waals surface area contributed by atoms with Crippen LogP contribution in [-0.2, 0) is 21.7 Å². The lowest BCUT2D eigenvalue weighted by atomic mass is 9.95. The fourth-order valence-electron chi connectivity index (χ4n) is 2.37. The second-order valence-corrected chi connectivity index (χ2v) is 4.85. The van der Waals surface area contributed by atoms with Gasteiger partial charge in [0.05, 0.1) is 6.26 Å². The number of aryl methyl sites for hydroxylation is 1. The molecule has 0 radical (unpaired) electrons. The van der Waals surface area contributed by atoms with Gasteiger partial charge >= 0.3 is 5.79 Å². The van der Waals surface area contributed by atoms with Gasteiger partial charge < -0.3 is 9.47 Å². The minimum Gasteiger partial charge on any atom is -0.459 e. The second kappa shape index (κ2) is 7.05. The van der Waals surface area contributed by atoms with Crippen molar-refractivity contribution in [2.75, 3.05) is 7.11 Å². The summed E-state index contributed by atoms with van der Waals surface area (Å²) in [5.74, 6) is -1.78. The zero-order valence-electron chi connectivity index (χ0n) is 12.9. The molecule has 0 aromatic heterocycles. The predicted octanol–water partition coefficient (Wildman–Crippen LogP) is 4.09. The van der Waals surface area contributed by atoms with Gasteiger partial charge in [-0.2, -0.15) is 0 Å². The third-order valence-corrected chi connectivity index (χ3v) is 3.61. The highest BCUT2D eigenvalue weighted by atomic mass is 16.7. The molecule has 0 aliphatic carbocycles. The van der Waals surface area contributed by atoms with Crippen LogP contribution in [0, 0.1) is 0 Å². The van der Waals surface area contributed by atoms with Crippen molar-refractivity contribution in [1.82, 2.24) is 0 Å². The summed E-state index contributed by atoms with van der Waals surface area (Å²) in [5.41, 5.74) is 2.33. The summed E-state index contributed by atoms with van der Waals surface area (Å²) in [6.07, 6.45) is 2.15. The Hall–Kier alpha value is -2.39. The van der Waals surface area contributed by atoms with Crippen LogP contribution in [0.2, 0.25) is 0 Å². The minimum atomic E-state index is -1.52. The van der Waals surface area contributed by atoms with E-state index in [-0.39, 0.29) is 5.78 Å². The molecule has 114 valence electrons. The molecule has 2 rings (SSSR count). The monoisotopic (exact) mass is 296 g/mol. The summed E-state index contributed by atoms with van der Waals surface area (Å²) in [6.45, 7) is 5.64. The lowest BCUT2D eigenvalue weighted by Crippen LogP contribution is -2.39. The fraction of sp³-hybridized carbons (Fsp3) is 0.211. The van der Waals surface area contributed by atoms with Crippen LogP contribution in [0.25, 0.3) is 0 Å². The molecule has 22 heavy (non-hydrogen) atoms. The average molecular weight is 296 g/mol. The van der Waals surface area contributed by atoms with Crippen LogP contribution >= 0.6 is 0 Å². The van der Waals surface area contributed by atoms with Crippen LogP contribution in [-0.4, -0.2) is 12.9 Å². The van der Waals surface area contributed by atoms with Gasteiger partial charge in [-0.3, -0.25) is 4.79 Å². The van der Waals surface area contributed by atoms with Gasteiger partial charge in [0, 0.05) is 18.2 Å². The highest BCUT2D eigenvalue weighted by Gasteiger charge is 2.42. The van der Waals surface area contributed by atoms with Gasteiger partial charge in [-0.05, 0) is 12.0 Å². The first-order valence-electron chi connectivity index (χ1n) is 7.21. The van der Waals surface area contributed by atoms with E-state index in [1.807, 2.05) is 30.3 Å². The Bertz CT molecular complexity index is 631. The topological polar surface area (TPSA) is 35.5 Å². The van der Waals surface area contributed by atoms with Crippen molar-refractivity contribution in [3.63, 3.8) is 0 Å². The fourth-order valence-corrected chi connectivity index (χ4v) is 2.37. The van der Waals surface area contributed by atoms with Gasteiger partial charge in [0.1, 0.15) is 0 Å². The van der Waals surface area contributed by atoms with Gasteiger partial charge in [-0.25, -0.2) is 0 Å². The van der Waals surface area contributed by atoms with E-state index in [0.717, 1.165) is 6.42 Å². The SMILES string of the molecule is C=COC(OC)(C(=O)c1ccc(CC)cc1)c1ccccc1. The molecule has 1 atom stereocenters. The summed E-state index contributed by atoms with van der Waals surface area (Å²) in [5, 5.41) is 0. The zero-order chi connectivity index (χ0) is 16.0. The Labute approximate surface area is 131 Å². The predicted molar refractivity (Wildman–Crippen MR) is 86.6 cm³/mol. The number of carbonyl (C=O) groups is 1. The maximum absolute atomic E-state index is 13.0. The Morgan fingerprint density at radius 3 is 2.27 bits per heavy atom. The van der Waals surface area contributed by atoms with Crippen LogP contribution in [0.4, 0.5) is 0 Å². The Kier molecular flexibility index (Phi) is 5.12. The van der Waals surface area contributed by atoms with E-state index in [0.29, 0.717) is 11.1 Å². The van der Waals surface area contributed by atoms with Crippen molar-refractivity contribution in [3.05, 3.63) is 84.1 Å². The van der Waals surface area contributed by atoms with Gasteiger partial charge in [-0.15, -0.1) is 0 Å². The van der Waals surface area contributed by atoms with E-state index in [1.165, 1.54) is 18.9 Å². The van der Waals surface area contributed by atoms with Crippen LogP contribution in [0.5, 0.6) is 0 Å². The first-order chi connectivity index (χ1) is 10.7. The number of hydrogen-bond donors (Lipinski definition) is 0. The Morgan fingerprint density at radius 2 is 1.77 bits per heavy atom. The highest BCUT2D eigenvalue weighted by molar-refractivity contribution is 6.02. The highest BCUT2D eigenvalue weighted by Crippen LogP contribution is 2.31. The largest absolute Gasteiger partial charge is 0.459 e. The molecule has 0 saturated heterocycles. The maximum atomic E-state index is 13.0. The molecule has 0 fully saturated rings. The normalized spacial score (nSPS) is 13.2. The van der Waals surface area contributed by atoms with E-state index < -0.39 is 5.79 Å². The third-order valence-electron chi connectivity index (χ3n) is 3.61. The number of hydrogen-bond acceptors (Lipinski definition) is 3. The molecule has 1 unspecified atom stereocenters. The van der Waals surface area contributed by atoms with Gasteiger partial charge in [0.25, 0.3) is 0 Å². The lowest BCUT2D eigenvalue weighted by molar-refractivity contribution is -0.159. The zero-order valence-corrected chi connectivity index (χ0v) is 12.9. The molecular formula is C19H20O3. The van der Waals surface area contributed by atoms with Crippen LogP contribution in [0.3, 0.4) is 0 Å². The number of ether oxygens (including phenoxy) is 2. The molecule has 0 saturated carbocycles. The van der Waals surface area contributed by atoms with E-state index in [9.17, 15) is 4.79 Å². The van der Waals surface area contributed by atoms with Gasteiger partial charge in [0.2, 0.25) is 5.78 Å². The van der Waals surface area contributed by atoms with E-state index in [1.54, 1.807) is 24.3 Å². The summed E-state index contributed by atoms with van der Waals surface area (Å²) >= 11 is 0. The summed E-state index contributed by atoms with van der Waals surface area (Å²) in [6, 6.07) is 16.6. The molecule has 0 aliphatic rings. The molecule has 0 spiro atoms. The molecule has 0 N–H and O–H groups in total. The standard InChI is InChI=1S/C19H20O3/c1-4-15-11-13-16(14-12-15)18(20)19(21-3,22-5-2)17-9-7-6-8-10-17/h5-14H,2,4H2,1,3H3. The number of ketones is 1. The Balaban J connectivity index is 2.48. The van der Waals surface area contributed by atoms with Crippen molar-refractivity contribution in [3.8, 4) is 0 Å². The van der Waals surface area contributed by atoms with Crippen molar-refractivity contribution >= 4 is 5.78 Å². The summed E-state index contributed by atoms with van der Waals surface area (Å²) < 4.78 is 11.0. The molecule has 0 aliphatic heterocycles. The molecule has 0 bridgehead atoms. The van der Waals surface area contributed by atoms with E-state index >= 15 is 0 Å². The molecule has 2 aromatic rings. The molecule has 3 heteroatoms. The van der Waals surface area contributed by atoms with Crippen molar-refractivity contribution in [1.29, 1.82) is 0 Å². The number of carbonyl (C=O) groups excluding carboxylic acids is 1. The van der Waals surface area contributed by atoms with Crippen molar-refractivity contribution in [2.45, 2.75) is 19.1 Å².